The fourth-order valence-electron chi connectivity index (χ4n) is 2.21. The minimum Gasteiger partial charge on any atom is -0.366 e. The lowest BCUT2D eigenvalue weighted by Crippen LogP contribution is -2.28. The number of sulfonamides is 1. The number of rotatable bonds is 5. The van der Waals surface area contributed by atoms with Gasteiger partial charge in [0.05, 0.1) is 10.5 Å². The molecule has 1 amide bonds. The highest BCUT2D eigenvalue weighted by atomic mass is 32.2. The quantitative estimate of drug-likeness (QED) is 0.876. The first-order valence-electron chi connectivity index (χ1n) is 7.05. The first kappa shape index (κ1) is 18.9. The minimum atomic E-state index is -4.78. The average Bonchev–Trinajstić information content (AvgIpc) is 2.54. The maximum absolute atomic E-state index is 13.1. The van der Waals surface area contributed by atoms with Gasteiger partial charge in [-0.2, -0.15) is 17.5 Å². The van der Waals surface area contributed by atoms with Gasteiger partial charge in [0, 0.05) is 19.2 Å². The lowest BCUT2D eigenvalue weighted by molar-refractivity contribution is -0.139. The van der Waals surface area contributed by atoms with E-state index in [1.807, 2.05) is 0 Å². The zero-order valence-corrected chi connectivity index (χ0v) is 13.9. The number of nitrogens with two attached hydrogens (primary N) is 1. The third-order valence-electron chi connectivity index (χ3n) is 3.52. The van der Waals surface area contributed by atoms with Crippen LogP contribution >= 0.6 is 0 Å². The number of carbonyl (C=O) groups is 1. The van der Waals surface area contributed by atoms with Crippen LogP contribution in [0.5, 0.6) is 0 Å². The first-order chi connectivity index (χ1) is 11.5. The predicted molar refractivity (Wildman–Crippen MR) is 85.1 cm³/mol. The Labute approximate surface area is 142 Å². The summed E-state index contributed by atoms with van der Waals surface area (Å²) in [6, 6.07) is 9.82. The average molecular weight is 372 g/mol. The summed E-state index contributed by atoms with van der Waals surface area (Å²) in [4.78, 5) is 10.2. The number of primary amides is 1. The molecule has 2 aromatic carbocycles. The molecule has 0 aliphatic heterocycles. The van der Waals surface area contributed by atoms with E-state index in [1.165, 1.54) is 37.4 Å². The van der Waals surface area contributed by atoms with Crippen molar-refractivity contribution < 1.29 is 26.4 Å². The Morgan fingerprint density at radius 1 is 1.08 bits per heavy atom. The predicted octanol–water partition coefficient (Wildman–Crippen LogP) is 2.63. The summed E-state index contributed by atoms with van der Waals surface area (Å²) in [6.07, 6.45) is -4.78. The van der Waals surface area contributed by atoms with Crippen LogP contribution in [-0.2, 0) is 22.7 Å². The Morgan fingerprint density at radius 3 is 2.16 bits per heavy atom. The van der Waals surface area contributed by atoms with Gasteiger partial charge in [0.2, 0.25) is 15.9 Å². The van der Waals surface area contributed by atoms with Crippen LogP contribution in [-0.4, -0.2) is 25.7 Å². The van der Waals surface area contributed by atoms with E-state index in [0.717, 1.165) is 22.5 Å². The van der Waals surface area contributed by atoms with E-state index >= 15 is 0 Å². The molecule has 2 N–H and O–H groups in total. The molecule has 2 aromatic rings. The number of nitrogens with zero attached hydrogens (tertiary/aromatic N) is 1. The normalized spacial score (nSPS) is 12.4. The molecule has 0 atom stereocenters. The van der Waals surface area contributed by atoms with Crippen molar-refractivity contribution in [2.75, 3.05) is 7.05 Å². The molecule has 0 saturated carbocycles. The Kier molecular flexibility index (Phi) is 5.19. The fraction of sp³-hybridized carbons (Fsp3) is 0.188. The van der Waals surface area contributed by atoms with Crippen LogP contribution in [0, 0.1) is 0 Å². The van der Waals surface area contributed by atoms with Gasteiger partial charge in [0.25, 0.3) is 0 Å². The van der Waals surface area contributed by atoms with Crippen molar-refractivity contribution in [1.82, 2.24) is 4.31 Å². The third kappa shape index (κ3) is 4.18. The van der Waals surface area contributed by atoms with Gasteiger partial charge in [-0.1, -0.05) is 24.3 Å². The number of hydrogen-bond acceptors (Lipinski definition) is 3. The van der Waals surface area contributed by atoms with Gasteiger partial charge < -0.3 is 5.73 Å². The maximum Gasteiger partial charge on any atom is 0.417 e. The summed E-state index contributed by atoms with van der Waals surface area (Å²) < 4.78 is 65.1. The van der Waals surface area contributed by atoms with E-state index < -0.39 is 32.6 Å². The molecule has 9 heteroatoms. The first-order valence-corrected chi connectivity index (χ1v) is 8.49. The lowest BCUT2D eigenvalue weighted by Gasteiger charge is -2.20. The number of amides is 1. The van der Waals surface area contributed by atoms with Gasteiger partial charge >= 0.3 is 6.18 Å². The number of alkyl halides is 3. The Balaban J connectivity index is 2.32. The molecule has 0 aliphatic carbocycles. The summed E-state index contributed by atoms with van der Waals surface area (Å²) in [6.45, 7) is -0.159. The van der Waals surface area contributed by atoms with Crippen molar-refractivity contribution in [3.63, 3.8) is 0 Å². The molecule has 0 heterocycles. The zero-order chi connectivity index (χ0) is 18.8. The van der Waals surface area contributed by atoms with Crippen LogP contribution in [0.2, 0.25) is 0 Å². The van der Waals surface area contributed by atoms with Crippen LogP contribution in [0.3, 0.4) is 0 Å². The highest BCUT2D eigenvalue weighted by Gasteiger charge is 2.38. The van der Waals surface area contributed by atoms with Gasteiger partial charge in [0.15, 0.2) is 0 Å². The second-order valence-electron chi connectivity index (χ2n) is 5.32. The standard InChI is InChI=1S/C16H15F3N2O3S/c1-21(10-11-6-8-12(9-7-11)15(20)22)25(23,24)14-5-3-2-4-13(14)16(17,18)19/h2-9H,10H2,1H3,(H2,20,22). The molecule has 25 heavy (non-hydrogen) atoms. The highest BCUT2D eigenvalue weighted by Crippen LogP contribution is 2.35. The topological polar surface area (TPSA) is 80.5 Å². The summed E-state index contributed by atoms with van der Waals surface area (Å²) in [5.74, 6) is -0.633. The number of carbonyl (C=O) groups excluding carboxylic acids is 1. The maximum atomic E-state index is 13.1. The number of hydrogen-bond donors (Lipinski definition) is 1. The van der Waals surface area contributed by atoms with Gasteiger partial charge in [-0.3, -0.25) is 4.79 Å². The van der Waals surface area contributed by atoms with Gasteiger partial charge in [-0.25, -0.2) is 8.42 Å². The monoisotopic (exact) mass is 372 g/mol. The molecule has 0 radical (unpaired) electrons. The van der Waals surface area contributed by atoms with Crippen molar-refractivity contribution in [3.05, 3.63) is 65.2 Å². The SMILES string of the molecule is CN(Cc1ccc(C(N)=O)cc1)S(=O)(=O)c1ccccc1C(F)(F)F. The van der Waals surface area contributed by atoms with E-state index in [1.54, 1.807) is 0 Å². The molecule has 5 nitrogen and oxygen atoms in total. The molecule has 0 fully saturated rings. The summed E-state index contributed by atoms with van der Waals surface area (Å²) in [5.41, 5.74) is 4.65. The molecule has 2 rings (SSSR count). The molecule has 134 valence electrons. The van der Waals surface area contributed by atoms with Crippen LogP contribution in [0.15, 0.2) is 53.4 Å². The molecular weight excluding hydrogens is 357 g/mol. The van der Waals surface area contributed by atoms with E-state index in [4.69, 9.17) is 5.73 Å². The van der Waals surface area contributed by atoms with E-state index in [-0.39, 0.29) is 12.1 Å². The van der Waals surface area contributed by atoms with E-state index in [0.29, 0.717) is 5.56 Å². The summed E-state index contributed by atoms with van der Waals surface area (Å²) in [5, 5.41) is 0. The minimum absolute atomic E-state index is 0.159. The molecule has 0 spiro atoms. The number of benzene rings is 2. The third-order valence-corrected chi connectivity index (χ3v) is 5.39. The number of halogens is 3. The van der Waals surface area contributed by atoms with Crippen molar-refractivity contribution >= 4 is 15.9 Å². The van der Waals surface area contributed by atoms with Gasteiger partial charge in [0.1, 0.15) is 0 Å². The van der Waals surface area contributed by atoms with Gasteiger partial charge in [-0.05, 0) is 29.8 Å². The smallest absolute Gasteiger partial charge is 0.366 e. The summed E-state index contributed by atoms with van der Waals surface area (Å²) in [7, 11) is -3.17. The summed E-state index contributed by atoms with van der Waals surface area (Å²) >= 11 is 0. The molecule has 0 aliphatic rings. The Hall–Kier alpha value is -2.39. The molecule has 0 bridgehead atoms. The van der Waals surface area contributed by atoms with Crippen molar-refractivity contribution in [3.8, 4) is 0 Å². The second-order valence-corrected chi connectivity index (χ2v) is 7.33. The molecule has 0 aromatic heterocycles. The van der Waals surface area contributed by atoms with Gasteiger partial charge in [-0.15, -0.1) is 0 Å². The van der Waals surface area contributed by atoms with Crippen molar-refractivity contribution in [2.24, 2.45) is 5.73 Å². The second kappa shape index (κ2) is 6.85. The van der Waals surface area contributed by atoms with Crippen molar-refractivity contribution in [2.45, 2.75) is 17.6 Å². The van der Waals surface area contributed by atoms with Crippen LogP contribution in [0.1, 0.15) is 21.5 Å². The largest absolute Gasteiger partial charge is 0.417 e. The van der Waals surface area contributed by atoms with Crippen LogP contribution in [0.25, 0.3) is 0 Å². The van der Waals surface area contributed by atoms with E-state index in [2.05, 4.69) is 0 Å². The Morgan fingerprint density at radius 2 is 1.64 bits per heavy atom. The highest BCUT2D eigenvalue weighted by molar-refractivity contribution is 7.89. The molecule has 0 saturated heterocycles. The van der Waals surface area contributed by atoms with Crippen LogP contribution < -0.4 is 5.73 Å². The van der Waals surface area contributed by atoms with E-state index in [9.17, 15) is 26.4 Å². The van der Waals surface area contributed by atoms with Crippen LogP contribution in [0.4, 0.5) is 13.2 Å². The van der Waals surface area contributed by atoms with Crippen molar-refractivity contribution in [1.29, 1.82) is 0 Å². The zero-order valence-electron chi connectivity index (χ0n) is 13.1. The Bertz CT molecular complexity index is 878. The lowest BCUT2D eigenvalue weighted by atomic mass is 10.1. The molecule has 0 unspecified atom stereocenters. The fourth-order valence-corrected chi connectivity index (χ4v) is 3.58. The molecular formula is C16H15F3N2O3S.